The Balaban J connectivity index is 0.856. The predicted octanol–water partition coefficient (Wildman–Crippen LogP) is 13.9. The molecule has 3 N–H and O–H groups in total. The summed E-state index contributed by atoms with van der Waals surface area (Å²) in [4.78, 5) is 0. The van der Waals surface area contributed by atoms with E-state index < -0.39 is 0 Å². The molecule has 6 aliphatic carbocycles. The molecular formula is C58H66N4. The van der Waals surface area contributed by atoms with E-state index in [0.717, 1.165) is 57.9 Å². The topological polar surface area (TPSA) is 39.3 Å². The summed E-state index contributed by atoms with van der Waals surface area (Å²) in [6.45, 7) is 0.894. The lowest BCUT2D eigenvalue weighted by molar-refractivity contribution is 0.146. The van der Waals surface area contributed by atoms with E-state index in [1.165, 1.54) is 119 Å². The number of hydrogen-bond donors (Lipinski definition) is 3. The van der Waals surface area contributed by atoms with Crippen LogP contribution in [0.4, 0.5) is 0 Å². The molecule has 0 amide bonds. The van der Waals surface area contributed by atoms with Gasteiger partial charge in [-0.15, -0.1) is 0 Å². The van der Waals surface area contributed by atoms with Crippen LogP contribution in [0.15, 0.2) is 168 Å². The van der Waals surface area contributed by atoms with Gasteiger partial charge in [-0.3, -0.25) is 0 Å². The maximum Gasteiger partial charge on any atom is 0.0557 e. The molecule has 5 unspecified atom stereocenters. The van der Waals surface area contributed by atoms with Crippen molar-refractivity contribution in [2.24, 2.45) is 11.8 Å². The number of hydrogen-bond acceptors (Lipinski definition) is 4. The highest BCUT2D eigenvalue weighted by Gasteiger charge is 2.33. The molecule has 5 atom stereocenters. The van der Waals surface area contributed by atoms with Crippen LogP contribution < -0.4 is 16.1 Å². The van der Waals surface area contributed by atoms with Crippen molar-refractivity contribution in [3.8, 4) is 11.1 Å². The van der Waals surface area contributed by atoms with Gasteiger partial charge in [0.15, 0.2) is 0 Å². The summed E-state index contributed by atoms with van der Waals surface area (Å²) in [5.41, 5.74) is 20.3. The van der Waals surface area contributed by atoms with E-state index in [4.69, 9.17) is 0 Å². The van der Waals surface area contributed by atoms with E-state index in [2.05, 4.69) is 167 Å². The van der Waals surface area contributed by atoms with Crippen LogP contribution in [0, 0.1) is 11.8 Å². The van der Waals surface area contributed by atoms with Crippen molar-refractivity contribution >= 4 is 11.1 Å². The van der Waals surface area contributed by atoms with Gasteiger partial charge in [0.05, 0.1) is 12.1 Å². The maximum absolute atomic E-state index is 4.10. The zero-order valence-electron chi connectivity index (χ0n) is 36.7. The monoisotopic (exact) mass is 819 g/mol. The smallest absolute Gasteiger partial charge is 0.0557 e. The molecule has 1 aliphatic heterocycles. The first-order chi connectivity index (χ1) is 30.7. The first-order valence-electron chi connectivity index (χ1n) is 24.3. The third kappa shape index (κ3) is 9.37. The predicted molar refractivity (Wildman–Crippen MR) is 260 cm³/mol. The van der Waals surface area contributed by atoms with Crippen LogP contribution in [0.3, 0.4) is 0 Å². The van der Waals surface area contributed by atoms with E-state index in [0.29, 0.717) is 23.8 Å². The number of nitrogens with zero attached hydrogens (tertiary/aromatic N) is 1. The SMILES string of the molecule is C1=CC(C2C=C(C3CC=CCC3)NN2Cc2cccc(-c3cccc(C4CCC=CC4NC4=CC(c5ccccc5C5=C(NC6=CCCCC6)CCC=C5)=CCC4)c3)c2)CCC1. The molecule has 0 radical (unpaired) electrons. The number of hydrazine groups is 1. The van der Waals surface area contributed by atoms with Gasteiger partial charge < -0.3 is 16.1 Å². The molecule has 3 aromatic carbocycles. The third-order valence-corrected chi connectivity index (χ3v) is 14.5. The minimum atomic E-state index is 0.253. The lowest BCUT2D eigenvalue weighted by Crippen LogP contribution is -2.42. The number of allylic oxidation sites excluding steroid dienone is 15. The molecule has 0 aromatic heterocycles. The molecule has 4 heteroatoms. The quantitative estimate of drug-likeness (QED) is 0.159. The highest BCUT2D eigenvalue weighted by atomic mass is 15.5. The van der Waals surface area contributed by atoms with Gasteiger partial charge in [0.2, 0.25) is 0 Å². The average Bonchev–Trinajstić information content (AvgIpc) is 3.76. The lowest BCUT2D eigenvalue weighted by atomic mass is 9.82. The Morgan fingerprint density at radius 3 is 2.42 bits per heavy atom. The molecule has 7 aliphatic rings. The van der Waals surface area contributed by atoms with Crippen molar-refractivity contribution in [2.75, 3.05) is 0 Å². The highest BCUT2D eigenvalue weighted by Crippen LogP contribution is 2.38. The van der Waals surface area contributed by atoms with Crippen molar-refractivity contribution in [1.29, 1.82) is 0 Å². The summed E-state index contributed by atoms with van der Waals surface area (Å²) < 4.78 is 0. The molecule has 3 aromatic rings. The van der Waals surface area contributed by atoms with Crippen LogP contribution in [0.25, 0.3) is 22.3 Å². The maximum atomic E-state index is 4.10. The molecule has 0 spiro atoms. The molecule has 10 rings (SSSR count). The molecule has 0 fully saturated rings. The Morgan fingerprint density at radius 2 is 1.55 bits per heavy atom. The lowest BCUT2D eigenvalue weighted by Gasteiger charge is -2.32. The Labute approximate surface area is 371 Å². The molecule has 0 bridgehead atoms. The number of benzene rings is 3. The Morgan fingerprint density at radius 1 is 0.661 bits per heavy atom. The summed E-state index contributed by atoms with van der Waals surface area (Å²) >= 11 is 0. The molecule has 318 valence electrons. The van der Waals surface area contributed by atoms with E-state index in [1.54, 1.807) is 0 Å². The Kier molecular flexibility index (Phi) is 12.7. The van der Waals surface area contributed by atoms with Gasteiger partial charge in [-0.25, -0.2) is 5.01 Å². The van der Waals surface area contributed by atoms with Crippen LogP contribution in [0.5, 0.6) is 0 Å². The third-order valence-electron chi connectivity index (χ3n) is 14.5. The molecule has 0 saturated carbocycles. The normalized spacial score (nSPS) is 26.4. The fourth-order valence-electron chi connectivity index (χ4n) is 11.2. The van der Waals surface area contributed by atoms with E-state index >= 15 is 0 Å². The van der Waals surface area contributed by atoms with Crippen LogP contribution in [-0.2, 0) is 6.54 Å². The first-order valence-corrected chi connectivity index (χ1v) is 24.3. The van der Waals surface area contributed by atoms with E-state index in [-0.39, 0.29) is 6.04 Å². The summed E-state index contributed by atoms with van der Waals surface area (Å²) in [5.74, 6) is 1.58. The average molecular weight is 819 g/mol. The summed E-state index contributed by atoms with van der Waals surface area (Å²) in [5, 5.41) is 10.5. The Bertz CT molecular complexity index is 2380. The minimum absolute atomic E-state index is 0.253. The van der Waals surface area contributed by atoms with Gasteiger partial charge in [-0.1, -0.05) is 127 Å². The second kappa shape index (κ2) is 19.4. The fourth-order valence-corrected chi connectivity index (χ4v) is 11.2. The standard InChI is InChI=1S/C58H66N4/c1-4-20-43(21-5-1)57-40-58(44-22-6-2-7-23-44)62(61-57)41-42-19-16-24-45(37-42)46-25-17-26-47(38-46)52-32-12-14-35-55(52)60-50-30-18-27-48(39-50)51-31-10-11-33-53(51)54-34-13-15-36-56(54)59-49-28-8-3-9-29-49/h1,4,6,10-11,13-14,16-17,19,22,24-28,31,33-35,37-40,43-44,52,55,58-61H,2-3,5,7-9,12,15,18,20-21,23,29-30,32,36,41H2. The van der Waals surface area contributed by atoms with Crippen LogP contribution >= 0.6 is 0 Å². The van der Waals surface area contributed by atoms with E-state index in [1.807, 2.05) is 0 Å². The molecule has 62 heavy (non-hydrogen) atoms. The van der Waals surface area contributed by atoms with Gasteiger partial charge in [0.25, 0.3) is 0 Å². The van der Waals surface area contributed by atoms with Crippen molar-refractivity contribution in [3.05, 3.63) is 191 Å². The van der Waals surface area contributed by atoms with Crippen LogP contribution in [0.2, 0.25) is 0 Å². The number of rotatable bonds is 12. The van der Waals surface area contributed by atoms with Gasteiger partial charge in [0.1, 0.15) is 0 Å². The second-order valence-corrected chi connectivity index (χ2v) is 18.8. The second-order valence-electron chi connectivity index (χ2n) is 18.8. The van der Waals surface area contributed by atoms with Gasteiger partial charge in [-0.2, -0.15) is 0 Å². The molecule has 0 saturated heterocycles. The largest absolute Gasteiger partial charge is 0.381 e. The Hall–Kier alpha value is -5.32. The summed E-state index contributed by atoms with van der Waals surface area (Å²) in [6, 6.07) is 28.5. The van der Waals surface area contributed by atoms with Gasteiger partial charge >= 0.3 is 0 Å². The summed E-state index contributed by atoms with van der Waals surface area (Å²) in [6.07, 6.45) is 47.9. The van der Waals surface area contributed by atoms with Crippen molar-refractivity contribution in [3.63, 3.8) is 0 Å². The fraction of sp³-hybridized carbons (Fsp3) is 0.379. The van der Waals surface area contributed by atoms with Crippen molar-refractivity contribution in [1.82, 2.24) is 21.1 Å². The minimum Gasteiger partial charge on any atom is -0.381 e. The number of nitrogens with one attached hydrogen (secondary N) is 3. The van der Waals surface area contributed by atoms with Crippen molar-refractivity contribution in [2.45, 2.75) is 127 Å². The van der Waals surface area contributed by atoms with E-state index in [9.17, 15) is 0 Å². The zero-order chi connectivity index (χ0) is 41.5. The first kappa shape index (κ1) is 40.7. The highest BCUT2D eigenvalue weighted by molar-refractivity contribution is 5.89. The summed E-state index contributed by atoms with van der Waals surface area (Å²) in [7, 11) is 0. The van der Waals surface area contributed by atoms with Gasteiger partial charge in [-0.05, 0) is 166 Å². The molecular weight excluding hydrogens is 753 g/mol. The molecule has 1 heterocycles. The zero-order valence-corrected chi connectivity index (χ0v) is 36.7. The van der Waals surface area contributed by atoms with Crippen molar-refractivity contribution < 1.29 is 0 Å². The van der Waals surface area contributed by atoms with Crippen LogP contribution in [-0.4, -0.2) is 17.1 Å². The molecule has 4 nitrogen and oxygen atoms in total. The van der Waals surface area contributed by atoms with Crippen LogP contribution in [0.1, 0.15) is 131 Å². The van der Waals surface area contributed by atoms with Gasteiger partial charge in [0, 0.05) is 46.7 Å².